The zero-order valence-electron chi connectivity index (χ0n) is 26.0. The van der Waals surface area contributed by atoms with Crippen LogP contribution in [0.5, 0.6) is 0 Å². The molecule has 0 spiro atoms. The summed E-state index contributed by atoms with van der Waals surface area (Å²) in [5, 5.41) is 3.08. The van der Waals surface area contributed by atoms with Crippen LogP contribution in [0.25, 0.3) is 31.7 Å². The largest absolute Gasteiger partial charge is 0.380 e. The van der Waals surface area contributed by atoms with Gasteiger partial charge in [-0.3, -0.25) is 14.4 Å². The van der Waals surface area contributed by atoms with E-state index < -0.39 is 52.6 Å². The highest BCUT2D eigenvalue weighted by molar-refractivity contribution is 7.19. The molecule has 256 valence electrons. The topological polar surface area (TPSA) is 92.8 Å². The number of imide groups is 1. The van der Waals surface area contributed by atoms with Crippen molar-refractivity contribution in [2.24, 2.45) is 0 Å². The molecule has 0 atom stereocenters. The first kappa shape index (κ1) is 34.4. The summed E-state index contributed by atoms with van der Waals surface area (Å²) in [6.45, 7) is 4.08. The van der Waals surface area contributed by atoms with Crippen molar-refractivity contribution in [2.75, 3.05) is 6.54 Å². The van der Waals surface area contributed by atoms with Gasteiger partial charge in [0, 0.05) is 71.9 Å². The molecule has 1 saturated heterocycles. The maximum absolute atomic E-state index is 15.8. The van der Waals surface area contributed by atoms with E-state index in [4.69, 9.17) is 4.84 Å². The number of hydroxylamine groups is 2. The van der Waals surface area contributed by atoms with E-state index in [9.17, 15) is 19.2 Å². The summed E-state index contributed by atoms with van der Waals surface area (Å²) < 4.78 is 93.7. The first-order chi connectivity index (χ1) is 23.0. The Kier molecular flexibility index (Phi) is 8.50. The van der Waals surface area contributed by atoms with E-state index in [1.54, 1.807) is 12.1 Å². The van der Waals surface area contributed by atoms with E-state index in [-0.39, 0.29) is 63.2 Å². The molecule has 1 aliphatic carbocycles. The molecule has 3 heterocycles. The maximum Gasteiger partial charge on any atom is 0.380 e. The molecular weight excluding hydrogens is 695 g/mol. The van der Waals surface area contributed by atoms with E-state index in [1.807, 2.05) is 0 Å². The van der Waals surface area contributed by atoms with Crippen LogP contribution in [0.1, 0.15) is 56.1 Å². The van der Waals surface area contributed by atoms with E-state index in [0.29, 0.717) is 20.2 Å². The van der Waals surface area contributed by atoms with Crippen LogP contribution in [0, 0.1) is 20.8 Å². The number of aryl methyl sites for hydroxylation is 2. The number of hydrogen-bond donors (Lipinski definition) is 1. The lowest BCUT2D eigenvalue weighted by Gasteiger charge is -2.26. The molecule has 0 bridgehead atoms. The molecule has 49 heavy (non-hydrogen) atoms. The van der Waals surface area contributed by atoms with Crippen molar-refractivity contribution < 1.29 is 50.4 Å². The molecule has 1 N–H and O–H groups in total. The zero-order valence-corrected chi connectivity index (χ0v) is 27.7. The fourth-order valence-electron chi connectivity index (χ4n) is 6.12. The summed E-state index contributed by atoms with van der Waals surface area (Å²) in [6, 6.07) is 12.1. The fourth-order valence-corrected chi connectivity index (χ4v) is 8.37. The van der Waals surface area contributed by atoms with Crippen LogP contribution in [0.4, 0.5) is 26.3 Å². The molecule has 4 aromatic rings. The van der Waals surface area contributed by atoms with E-state index in [1.165, 1.54) is 57.2 Å². The molecule has 6 rings (SSSR count). The summed E-state index contributed by atoms with van der Waals surface area (Å²) in [5.41, 5.74) is -2.81. The third-order valence-electron chi connectivity index (χ3n) is 8.48. The van der Waals surface area contributed by atoms with Gasteiger partial charge in [-0.15, -0.1) is 27.7 Å². The number of rotatable bonds is 8. The normalized spacial score (nSPS) is 18.1. The van der Waals surface area contributed by atoms with Gasteiger partial charge in [-0.1, -0.05) is 30.3 Å². The Balaban J connectivity index is 1.29. The molecule has 0 unspecified atom stereocenters. The molecule has 2 aliphatic rings. The van der Waals surface area contributed by atoms with Gasteiger partial charge in [-0.25, -0.2) is 4.79 Å². The first-order valence-corrected chi connectivity index (χ1v) is 16.5. The van der Waals surface area contributed by atoms with E-state index in [2.05, 4.69) is 5.32 Å². The van der Waals surface area contributed by atoms with Gasteiger partial charge in [0.2, 0.25) is 0 Å². The third kappa shape index (κ3) is 5.43. The van der Waals surface area contributed by atoms with Crippen LogP contribution in [0.2, 0.25) is 0 Å². The number of nitrogens with zero attached hydrogens (tertiary/aromatic N) is 1. The lowest BCUT2D eigenvalue weighted by Crippen LogP contribution is -2.49. The lowest BCUT2D eigenvalue weighted by molar-refractivity contribution is -0.254. The molecular formula is C34H26F6N2O5S2. The monoisotopic (exact) mass is 720 g/mol. The lowest BCUT2D eigenvalue weighted by atomic mass is 9.90. The molecule has 3 amide bonds. The van der Waals surface area contributed by atoms with Crippen LogP contribution < -0.4 is 5.32 Å². The predicted octanol–water partition coefficient (Wildman–Crippen LogP) is 8.11. The Morgan fingerprint density at radius 1 is 0.816 bits per heavy atom. The second-order valence-electron chi connectivity index (χ2n) is 11.6. The van der Waals surface area contributed by atoms with Crippen molar-refractivity contribution >= 4 is 67.6 Å². The molecule has 1 fully saturated rings. The standard InChI is InChI=1S/C34H26F6N2O5S2/c1-16-26(28-29(33(37,38)34(39,40)32(28,35)36)27-18(3)48-22-7-5-4-6-21(22)27)17(2)49-30(16)19-8-10-20(11-9-19)31(46)41-15-14-25(45)47-42-23(43)12-13-24(42)44/h4-11H,12-15H2,1-3H3,(H,41,46). The van der Waals surface area contributed by atoms with Crippen LogP contribution >= 0.6 is 22.7 Å². The first-order valence-electron chi connectivity index (χ1n) is 14.9. The van der Waals surface area contributed by atoms with Gasteiger partial charge in [0.25, 0.3) is 17.7 Å². The van der Waals surface area contributed by atoms with Crippen LogP contribution in [0.3, 0.4) is 0 Å². The maximum atomic E-state index is 15.8. The van der Waals surface area contributed by atoms with Crippen LogP contribution in [-0.2, 0) is 19.2 Å². The van der Waals surface area contributed by atoms with Crippen molar-refractivity contribution in [2.45, 2.75) is 57.8 Å². The number of carbonyl (C=O) groups is 4. The Morgan fingerprint density at radius 3 is 2.02 bits per heavy atom. The molecule has 2 aromatic heterocycles. The third-order valence-corrected chi connectivity index (χ3v) is 10.8. The van der Waals surface area contributed by atoms with Gasteiger partial charge >= 0.3 is 23.7 Å². The number of alkyl halides is 6. The predicted molar refractivity (Wildman–Crippen MR) is 172 cm³/mol. The minimum Gasteiger partial charge on any atom is -0.351 e. The van der Waals surface area contributed by atoms with Crippen molar-refractivity contribution in [1.82, 2.24) is 10.4 Å². The average Bonchev–Trinajstić information content (AvgIpc) is 3.68. The number of nitrogens with one attached hydrogen (secondary N) is 1. The van der Waals surface area contributed by atoms with Gasteiger partial charge in [-0.05, 0) is 50.1 Å². The number of benzene rings is 2. The minimum absolute atomic E-state index is 0.0613. The number of allylic oxidation sites excluding steroid dienone is 2. The van der Waals surface area contributed by atoms with Crippen molar-refractivity contribution in [3.63, 3.8) is 0 Å². The fraction of sp³-hybridized carbons (Fsp3) is 0.294. The molecule has 7 nitrogen and oxygen atoms in total. The van der Waals surface area contributed by atoms with Crippen molar-refractivity contribution in [1.29, 1.82) is 0 Å². The van der Waals surface area contributed by atoms with Crippen LogP contribution in [-0.4, -0.2) is 53.1 Å². The van der Waals surface area contributed by atoms with Gasteiger partial charge in [-0.2, -0.15) is 26.3 Å². The Labute approximate surface area is 283 Å². The highest BCUT2D eigenvalue weighted by Gasteiger charge is 2.80. The summed E-state index contributed by atoms with van der Waals surface area (Å²) in [4.78, 5) is 53.3. The minimum atomic E-state index is -5.70. The number of carbonyl (C=O) groups excluding carboxylic acids is 4. The quantitative estimate of drug-likeness (QED) is 0.147. The summed E-state index contributed by atoms with van der Waals surface area (Å²) in [5.74, 6) is -18.9. The highest BCUT2D eigenvalue weighted by atomic mass is 32.1. The zero-order chi connectivity index (χ0) is 35.6. The summed E-state index contributed by atoms with van der Waals surface area (Å²) in [7, 11) is 0. The SMILES string of the molecule is Cc1sc(-c2ccc(C(=O)NCCC(=O)ON3C(=O)CCC3=O)cc2)c(C)c1C1=C(c2c(C)sc3ccccc23)C(F)(F)C(F)(F)C1(F)F. The molecule has 2 aromatic carbocycles. The number of thiophene rings is 2. The number of amides is 3. The molecule has 15 heteroatoms. The van der Waals surface area contributed by atoms with Gasteiger partial charge in [0.15, 0.2) is 0 Å². The smallest absolute Gasteiger partial charge is 0.351 e. The van der Waals surface area contributed by atoms with Gasteiger partial charge in [0.1, 0.15) is 0 Å². The van der Waals surface area contributed by atoms with Crippen LogP contribution in [0.15, 0.2) is 48.5 Å². The Hall–Kier alpha value is -4.50. The van der Waals surface area contributed by atoms with E-state index >= 15 is 26.3 Å². The highest BCUT2D eigenvalue weighted by Crippen LogP contribution is 2.67. The van der Waals surface area contributed by atoms with E-state index in [0.717, 1.165) is 22.7 Å². The van der Waals surface area contributed by atoms with Gasteiger partial charge in [0.05, 0.1) is 6.42 Å². The summed E-state index contributed by atoms with van der Waals surface area (Å²) >= 11 is 2.03. The van der Waals surface area contributed by atoms with Gasteiger partial charge < -0.3 is 10.2 Å². The average molecular weight is 721 g/mol. The Bertz CT molecular complexity index is 2070. The number of fused-ring (bicyclic) bond motifs is 1. The Morgan fingerprint density at radius 2 is 1.39 bits per heavy atom. The second kappa shape index (κ2) is 12.1. The van der Waals surface area contributed by atoms with Crippen molar-refractivity contribution in [3.8, 4) is 10.4 Å². The molecule has 0 saturated carbocycles. The number of halogens is 6. The molecule has 1 aliphatic heterocycles. The number of hydrogen-bond acceptors (Lipinski definition) is 7. The second-order valence-corrected chi connectivity index (χ2v) is 14.1. The summed E-state index contributed by atoms with van der Waals surface area (Å²) in [6.07, 6.45) is -0.457. The molecule has 0 radical (unpaired) electrons. The van der Waals surface area contributed by atoms with Crippen molar-refractivity contribution in [3.05, 3.63) is 80.5 Å².